The van der Waals surface area contributed by atoms with Gasteiger partial charge in [0.25, 0.3) is 0 Å². The van der Waals surface area contributed by atoms with E-state index in [0.717, 1.165) is 79.0 Å². The van der Waals surface area contributed by atoms with E-state index in [1.165, 1.54) is 61.2 Å². The first-order valence-electron chi connectivity index (χ1n) is 26.6. The van der Waals surface area contributed by atoms with Crippen molar-refractivity contribution in [1.29, 1.82) is 0 Å². The van der Waals surface area contributed by atoms with Crippen LogP contribution in [0.4, 0.5) is 17.1 Å². The predicted molar refractivity (Wildman–Crippen MR) is 312 cm³/mol. The number of hydrogen-bond acceptors (Lipinski definition) is 3. The SMILES string of the molecule is c1ccc(-c2ccccc2-c2ccccc2-c2ccccc2N(c2ccc3c(c2)C2(c4ccccc4Oc4ccccc42)c2ccccc2-3)c2ccc3c(c2)C2(c4ccccc4Oc4ccccc42)c2ccccc2-3)cc1. The number of nitrogens with zero attached hydrogens (tertiary/aromatic N) is 1. The molecular weight excluding hydrogens is 935 g/mol. The third-order valence-corrected chi connectivity index (χ3v) is 16.8. The van der Waals surface area contributed by atoms with Gasteiger partial charge < -0.3 is 14.4 Å². The van der Waals surface area contributed by atoms with Crippen LogP contribution in [-0.4, -0.2) is 0 Å². The van der Waals surface area contributed by atoms with Gasteiger partial charge in [0.05, 0.1) is 16.5 Å². The maximum Gasteiger partial charge on any atom is 0.132 e. The summed E-state index contributed by atoms with van der Waals surface area (Å²) in [5.74, 6) is 3.48. The molecular formula is C74H47NO2. The van der Waals surface area contributed by atoms with Gasteiger partial charge in [-0.1, -0.05) is 231 Å². The quantitative estimate of drug-likeness (QED) is 0.166. The summed E-state index contributed by atoms with van der Waals surface area (Å²) in [5, 5.41) is 0. The first kappa shape index (κ1) is 43.4. The fraction of sp³-hybridized carbons (Fsp3) is 0.0270. The minimum atomic E-state index is -0.661. The van der Waals surface area contributed by atoms with E-state index < -0.39 is 10.8 Å². The maximum absolute atomic E-state index is 6.81. The zero-order valence-electron chi connectivity index (χ0n) is 41.9. The molecule has 0 saturated heterocycles. The lowest BCUT2D eigenvalue weighted by molar-refractivity contribution is 0.436. The summed E-state index contributed by atoms with van der Waals surface area (Å²) < 4.78 is 13.6. The number of rotatable bonds is 6. The minimum absolute atomic E-state index is 0.661. The molecule has 0 saturated carbocycles. The van der Waals surface area contributed by atoms with Crippen LogP contribution in [0.2, 0.25) is 0 Å². The molecule has 2 heterocycles. The molecule has 77 heavy (non-hydrogen) atoms. The number of benzene rings is 12. The molecule has 0 fully saturated rings. The number of fused-ring (bicyclic) bond motifs is 18. The molecule has 2 aliphatic carbocycles. The van der Waals surface area contributed by atoms with Gasteiger partial charge in [-0.2, -0.15) is 0 Å². The van der Waals surface area contributed by atoms with E-state index in [9.17, 15) is 0 Å². The molecule has 360 valence electrons. The lowest BCUT2D eigenvalue weighted by Gasteiger charge is -2.40. The lowest BCUT2D eigenvalue weighted by Crippen LogP contribution is -2.32. The smallest absolute Gasteiger partial charge is 0.132 e. The van der Waals surface area contributed by atoms with Crippen molar-refractivity contribution in [2.75, 3.05) is 4.90 Å². The molecule has 12 aromatic carbocycles. The zero-order chi connectivity index (χ0) is 50.7. The van der Waals surface area contributed by atoms with Gasteiger partial charge in [0.2, 0.25) is 0 Å². The molecule has 3 nitrogen and oxygen atoms in total. The minimum Gasteiger partial charge on any atom is -0.457 e. The van der Waals surface area contributed by atoms with Crippen LogP contribution < -0.4 is 14.4 Å². The van der Waals surface area contributed by atoms with Gasteiger partial charge in [0.1, 0.15) is 23.0 Å². The average molecular weight is 982 g/mol. The van der Waals surface area contributed by atoms with Crippen LogP contribution in [-0.2, 0) is 10.8 Å². The first-order valence-corrected chi connectivity index (χ1v) is 26.6. The highest BCUT2D eigenvalue weighted by atomic mass is 16.5. The second kappa shape index (κ2) is 16.8. The van der Waals surface area contributed by atoms with Gasteiger partial charge in [0.15, 0.2) is 0 Å². The van der Waals surface area contributed by atoms with E-state index in [1.54, 1.807) is 0 Å². The van der Waals surface area contributed by atoms with Crippen LogP contribution >= 0.6 is 0 Å². The number of hydrogen-bond donors (Lipinski definition) is 0. The van der Waals surface area contributed by atoms with Crippen molar-refractivity contribution in [1.82, 2.24) is 0 Å². The molecule has 2 aliphatic heterocycles. The number of para-hydroxylation sites is 5. The molecule has 0 N–H and O–H groups in total. The van der Waals surface area contributed by atoms with Crippen LogP contribution in [0, 0.1) is 0 Å². The summed E-state index contributed by atoms with van der Waals surface area (Å²) in [5.41, 5.74) is 23.2. The van der Waals surface area contributed by atoms with Crippen LogP contribution in [0.15, 0.2) is 285 Å². The average Bonchev–Trinajstić information content (AvgIpc) is 4.19. The van der Waals surface area contributed by atoms with Crippen molar-refractivity contribution in [3.63, 3.8) is 0 Å². The normalized spacial score (nSPS) is 13.9. The molecule has 4 aliphatic rings. The fourth-order valence-electron chi connectivity index (χ4n) is 13.8. The van der Waals surface area contributed by atoms with E-state index in [-0.39, 0.29) is 0 Å². The Morgan fingerprint density at radius 1 is 0.221 bits per heavy atom. The molecule has 16 rings (SSSR count). The Morgan fingerprint density at radius 2 is 0.532 bits per heavy atom. The zero-order valence-corrected chi connectivity index (χ0v) is 41.9. The Bertz CT molecular complexity index is 4090. The molecule has 0 radical (unpaired) electrons. The summed E-state index contributed by atoms with van der Waals surface area (Å²) in [7, 11) is 0. The van der Waals surface area contributed by atoms with Crippen molar-refractivity contribution in [2.45, 2.75) is 10.8 Å². The van der Waals surface area contributed by atoms with Gasteiger partial charge in [-0.05, 0) is 127 Å². The highest BCUT2D eigenvalue weighted by Gasteiger charge is 2.53. The number of ether oxygens (including phenoxy) is 2. The molecule has 0 amide bonds. The molecule has 0 aromatic heterocycles. The maximum atomic E-state index is 6.81. The van der Waals surface area contributed by atoms with E-state index in [0.29, 0.717) is 0 Å². The monoisotopic (exact) mass is 981 g/mol. The Labute approximate surface area is 448 Å². The molecule has 2 spiro atoms. The van der Waals surface area contributed by atoms with E-state index >= 15 is 0 Å². The van der Waals surface area contributed by atoms with Gasteiger partial charge >= 0.3 is 0 Å². The first-order chi connectivity index (χ1) is 38.2. The van der Waals surface area contributed by atoms with E-state index in [2.05, 4.69) is 290 Å². The van der Waals surface area contributed by atoms with Crippen LogP contribution in [0.25, 0.3) is 55.6 Å². The third kappa shape index (κ3) is 6.08. The van der Waals surface area contributed by atoms with Gasteiger partial charge in [-0.25, -0.2) is 0 Å². The second-order valence-corrected chi connectivity index (χ2v) is 20.5. The summed E-state index contributed by atoms with van der Waals surface area (Å²) in [4.78, 5) is 2.53. The van der Waals surface area contributed by atoms with Crippen LogP contribution in [0.3, 0.4) is 0 Å². The van der Waals surface area contributed by atoms with Crippen LogP contribution in [0.5, 0.6) is 23.0 Å². The van der Waals surface area contributed by atoms with E-state index in [1.807, 2.05) is 0 Å². The summed E-state index contributed by atoms with van der Waals surface area (Å²) in [6.07, 6.45) is 0. The predicted octanol–water partition coefficient (Wildman–Crippen LogP) is 19.1. The Hall–Kier alpha value is -9.96. The highest BCUT2D eigenvalue weighted by molar-refractivity contribution is 5.99. The molecule has 3 heteroatoms. The second-order valence-electron chi connectivity index (χ2n) is 20.5. The number of anilines is 3. The Balaban J connectivity index is 0.990. The van der Waals surface area contributed by atoms with Crippen molar-refractivity contribution < 1.29 is 9.47 Å². The van der Waals surface area contributed by atoms with Crippen molar-refractivity contribution >= 4 is 17.1 Å². The van der Waals surface area contributed by atoms with E-state index in [4.69, 9.17) is 9.47 Å². The van der Waals surface area contributed by atoms with Gasteiger partial charge in [0, 0.05) is 39.2 Å². The molecule has 0 bridgehead atoms. The Morgan fingerprint density at radius 3 is 0.987 bits per heavy atom. The summed E-state index contributed by atoms with van der Waals surface area (Å²) in [6, 6.07) is 104. The standard InChI is InChI=1S/C74H47NO2/c1-2-22-48(23-3-1)51-24-4-5-25-52(51)53-26-6-7-27-54(53)59-30-10-17-37-68(59)75(49-42-44-57-55-28-8-11-31-60(55)73(66(57)46-49)62-33-13-18-38-69(62)76-70-39-19-14-34-63(70)73)50-43-45-58-56-29-9-12-32-61(56)74(67(58)47-50)64-35-15-20-40-71(64)77-72-41-21-16-36-65(72)74/h1-47H. The summed E-state index contributed by atoms with van der Waals surface area (Å²) >= 11 is 0. The molecule has 0 unspecified atom stereocenters. The lowest BCUT2D eigenvalue weighted by atomic mass is 9.66. The largest absolute Gasteiger partial charge is 0.457 e. The van der Waals surface area contributed by atoms with Crippen molar-refractivity contribution in [2.24, 2.45) is 0 Å². The topological polar surface area (TPSA) is 21.7 Å². The van der Waals surface area contributed by atoms with Crippen molar-refractivity contribution in [3.8, 4) is 78.6 Å². The fourth-order valence-corrected chi connectivity index (χ4v) is 13.8. The highest BCUT2D eigenvalue weighted by Crippen LogP contribution is 2.65. The van der Waals surface area contributed by atoms with Gasteiger partial charge in [-0.3, -0.25) is 0 Å². The van der Waals surface area contributed by atoms with Crippen LogP contribution in [0.1, 0.15) is 44.5 Å². The molecule has 12 aromatic rings. The molecule has 0 atom stereocenters. The van der Waals surface area contributed by atoms with Crippen molar-refractivity contribution in [3.05, 3.63) is 330 Å². The van der Waals surface area contributed by atoms with Gasteiger partial charge in [-0.15, -0.1) is 0 Å². The summed E-state index contributed by atoms with van der Waals surface area (Å²) in [6.45, 7) is 0. The third-order valence-electron chi connectivity index (χ3n) is 16.8. The Kier molecular flexibility index (Phi) is 9.47.